The first-order valence-corrected chi connectivity index (χ1v) is 10.3. The SMILES string of the molecule is CC#Cc1cc(C)c(C2C(=O)CC3(CCN4C(=O)CCOC4C3)CC2=O)c(C)c1. The third-order valence-electron chi connectivity index (χ3n) is 6.68. The highest BCUT2D eigenvalue weighted by Crippen LogP contribution is 2.48. The number of Topliss-reactive ketones (excluding diaryl/α,β-unsaturated/α-hetero) is 2. The minimum absolute atomic E-state index is 0.00244. The quantitative estimate of drug-likeness (QED) is 0.543. The summed E-state index contributed by atoms with van der Waals surface area (Å²) in [5.74, 6) is 5.37. The number of carbonyl (C=O) groups excluding carboxylic acids is 3. The first kappa shape index (κ1) is 19.8. The molecule has 1 saturated carbocycles. The second kappa shape index (κ2) is 7.42. The van der Waals surface area contributed by atoms with Gasteiger partial charge in [0, 0.05) is 24.9 Å². The zero-order valence-corrected chi connectivity index (χ0v) is 17.3. The lowest BCUT2D eigenvalue weighted by molar-refractivity contribution is -0.178. The summed E-state index contributed by atoms with van der Waals surface area (Å²) in [4.78, 5) is 40.4. The van der Waals surface area contributed by atoms with E-state index in [-0.39, 0.29) is 29.1 Å². The molecule has 0 aromatic heterocycles. The normalized spacial score (nSPS) is 29.5. The summed E-state index contributed by atoms with van der Waals surface area (Å²) in [6.45, 7) is 6.69. The monoisotopic (exact) mass is 393 g/mol. The third-order valence-corrected chi connectivity index (χ3v) is 6.68. The molecule has 0 radical (unpaired) electrons. The van der Waals surface area contributed by atoms with E-state index in [1.807, 2.05) is 26.0 Å². The van der Waals surface area contributed by atoms with Crippen LogP contribution >= 0.6 is 0 Å². The molecule has 3 fully saturated rings. The molecule has 29 heavy (non-hydrogen) atoms. The first-order valence-electron chi connectivity index (χ1n) is 10.3. The number of aryl methyl sites for hydroxylation is 2. The molecule has 5 nitrogen and oxygen atoms in total. The van der Waals surface area contributed by atoms with Gasteiger partial charge in [-0.2, -0.15) is 0 Å². The molecular weight excluding hydrogens is 366 g/mol. The van der Waals surface area contributed by atoms with E-state index >= 15 is 0 Å². The predicted molar refractivity (Wildman–Crippen MR) is 108 cm³/mol. The molecule has 1 aromatic carbocycles. The van der Waals surface area contributed by atoms with Crippen molar-refractivity contribution in [2.75, 3.05) is 13.2 Å². The zero-order chi connectivity index (χ0) is 20.8. The van der Waals surface area contributed by atoms with E-state index in [1.54, 1.807) is 11.8 Å². The van der Waals surface area contributed by atoms with E-state index in [2.05, 4.69) is 11.8 Å². The number of ether oxygens (including phenoxy) is 1. The van der Waals surface area contributed by atoms with E-state index in [0.717, 1.165) is 22.3 Å². The number of rotatable bonds is 1. The maximum atomic E-state index is 13.2. The molecule has 1 unspecified atom stereocenters. The smallest absolute Gasteiger partial charge is 0.226 e. The van der Waals surface area contributed by atoms with Gasteiger partial charge < -0.3 is 9.64 Å². The highest BCUT2D eigenvalue weighted by molar-refractivity contribution is 6.10. The van der Waals surface area contributed by atoms with Crippen LogP contribution in [-0.2, 0) is 19.1 Å². The molecule has 5 heteroatoms. The van der Waals surface area contributed by atoms with Crippen molar-refractivity contribution in [3.63, 3.8) is 0 Å². The fourth-order valence-electron chi connectivity index (χ4n) is 5.42. The van der Waals surface area contributed by atoms with E-state index in [1.165, 1.54) is 0 Å². The van der Waals surface area contributed by atoms with Crippen molar-refractivity contribution < 1.29 is 19.1 Å². The lowest BCUT2D eigenvalue weighted by Crippen LogP contribution is -2.56. The second-order valence-electron chi connectivity index (χ2n) is 8.73. The molecule has 1 aliphatic carbocycles. The highest BCUT2D eigenvalue weighted by atomic mass is 16.5. The number of benzene rings is 1. The Morgan fingerprint density at radius 1 is 1.10 bits per heavy atom. The van der Waals surface area contributed by atoms with Crippen LogP contribution in [0.1, 0.15) is 67.2 Å². The second-order valence-corrected chi connectivity index (χ2v) is 8.73. The largest absolute Gasteiger partial charge is 0.358 e. The molecule has 2 aliphatic heterocycles. The van der Waals surface area contributed by atoms with Crippen LogP contribution in [0.3, 0.4) is 0 Å². The number of carbonyl (C=O) groups is 3. The first-order chi connectivity index (χ1) is 13.8. The summed E-state index contributed by atoms with van der Waals surface area (Å²) < 4.78 is 5.81. The summed E-state index contributed by atoms with van der Waals surface area (Å²) in [5, 5.41) is 0. The van der Waals surface area contributed by atoms with Crippen molar-refractivity contribution in [1.82, 2.24) is 4.90 Å². The summed E-state index contributed by atoms with van der Waals surface area (Å²) in [6.07, 6.45) is 2.14. The number of fused-ring (bicyclic) bond motifs is 1. The third kappa shape index (κ3) is 3.51. The maximum Gasteiger partial charge on any atom is 0.226 e. The Bertz CT molecular complexity index is 910. The highest BCUT2D eigenvalue weighted by Gasteiger charge is 2.51. The molecule has 152 valence electrons. The van der Waals surface area contributed by atoms with Crippen LogP contribution in [-0.4, -0.2) is 41.8 Å². The van der Waals surface area contributed by atoms with Crippen LogP contribution < -0.4 is 0 Å². The molecule has 0 bridgehead atoms. The molecule has 3 aliphatic rings. The van der Waals surface area contributed by atoms with Crippen molar-refractivity contribution in [3.05, 3.63) is 34.4 Å². The number of hydrogen-bond acceptors (Lipinski definition) is 4. The minimum Gasteiger partial charge on any atom is -0.358 e. The van der Waals surface area contributed by atoms with Gasteiger partial charge in [0.15, 0.2) is 0 Å². The van der Waals surface area contributed by atoms with E-state index in [0.29, 0.717) is 45.3 Å². The maximum absolute atomic E-state index is 13.2. The fraction of sp³-hybridized carbons (Fsp3) is 0.542. The molecule has 1 aromatic rings. The Kier molecular flexibility index (Phi) is 5.08. The van der Waals surface area contributed by atoms with Crippen LogP contribution in [0.5, 0.6) is 0 Å². The molecule has 4 rings (SSSR count). The Labute approximate surface area is 171 Å². The topological polar surface area (TPSA) is 63.7 Å². The Morgan fingerprint density at radius 2 is 1.76 bits per heavy atom. The standard InChI is InChI=1S/C24H27NO4/c1-4-5-17-10-15(2)22(16(3)11-17)23-18(26)12-24(13-19(23)27)7-8-25-20(28)6-9-29-21(25)14-24/h10-11,21,23H,6-9,12-14H2,1-3H3. The molecule has 2 saturated heterocycles. The van der Waals surface area contributed by atoms with Crippen LogP contribution in [0.25, 0.3) is 0 Å². The minimum atomic E-state index is -0.684. The lowest BCUT2D eigenvalue weighted by atomic mass is 9.62. The Morgan fingerprint density at radius 3 is 2.38 bits per heavy atom. The summed E-state index contributed by atoms with van der Waals surface area (Å²) in [6, 6.07) is 3.92. The zero-order valence-electron chi connectivity index (χ0n) is 17.3. The van der Waals surface area contributed by atoms with Crippen molar-refractivity contribution in [3.8, 4) is 11.8 Å². The van der Waals surface area contributed by atoms with Crippen LogP contribution in [0.4, 0.5) is 0 Å². The molecule has 2 heterocycles. The van der Waals surface area contributed by atoms with Gasteiger partial charge in [-0.25, -0.2) is 0 Å². The van der Waals surface area contributed by atoms with Gasteiger partial charge in [0.2, 0.25) is 5.91 Å². The lowest BCUT2D eigenvalue weighted by Gasteiger charge is -2.49. The average Bonchev–Trinajstić information content (AvgIpc) is 2.63. The van der Waals surface area contributed by atoms with Gasteiger partial charge in [0.25, 0.3) is 0 Å². The van der Waals surface area contributed by atoms with Crippen LogP contribution in [0, 0.1) is 31.1 Å². The predicted octanol–water partition coefficient (Wildman–Crippen LogP) is 3.05. The van der Waals surface area contributed by atoms with Crippen molar-refractivity contribution in [2.45, 2.75) is 65.0 Å². The van der Waals surface area contributed by atoms with E-state index < -0.39 is 5.92 Å². The van der Waals surface area contributed by atoms with Gasteiger partial charge in [-0.05, 0) is 67.9 Å². The molecule has 1 amide bonds. The molecular formula is C24H27NO4. The number of hydrogen-bond donors (Lipinski definition) is 0. The van der Waals surface area contributed by atoms with Gasteiger partial charge in [0.05, 0.1) is 13.0 Å². The fourth-order valence-corrected chi connectivity index (χ4v) is 5.42. The average molecular weight is 393 g/mol. The van der Waals surface area contributed by atoms with Crippen LogP contribution in [0.15, 0.2) is 12.1 Å². The van der Waals surface area contributed by atoms with Gasteiger partial charge in [0.1, 0.15) is 23.7 Å². The Balaban J connectivity index is 1.59. The molecule has 1 spiro atoms. The van der Waals surface area contributed by atoms with Gasteiger partial charge in [-0.3, -0.25) is 14.4 Å². The van der Waals surface area contributed by atoms with E-state index in [4.69, 9.17) is 4.74 Å². The summed E-state index contributed by atoms with van der Waals surface area (Å²) in [7, 11) is 0. The summed E-state index contributed by atoms with van der Waals surface area (Å²) in [5.41, 5.74) is 3.27. The Hall–Kier alpha value is -2.45. The van der Waals surface area contributed by atoms with Crippen molar-refractivity contribution in [2.24, 2.45) is 5.41 Å². The summed E-state index contributed by atoms with van der Waals surface area (Å²) >= 11 is 0. The van der Waals surface area contributed by atoms with Crippen molar-refractivity contribution in [1.29, 1.82) is 0 Å². The van der Waals surface area contributed by atoms with Gasteiger partial charge >= 0.3 is 0 Å². The molecule has 1 atom stereocenters. The van der Waals surface area contributed by atoms with E-state index in [9.17, 15) is 14.4 Å². The van der Waals surface area contributed by atoms with Gasteiger partial charge in [-0.15, -0.1) is 5.92 Å². The number of ketones is 2. The van der Waals surface area contributed by atoms with Crippen molar-refractivity contribution >= 4 is 17.5 Å². The molecule has 0 N–H and O–H groups in total. The number of amides is 1. The number of piperidine rings is 1. The van der Waals surface area contributed by atoms with Gasteiger partial charge in [-0.1, -0.05) is 5.92 Å². The van der Waals surface area contributed by atoms with Crippen LogP contribution in [0.2, 0.25) is 0 Å². The number of nitrogens with zero attached hydrogens (tertiary/aromatic N) is 1.